The van der Waals surface area contributed by atoms with Gasteiger partial charge < -0.3 is 10.6 Å². The lowest BCUT2D eigenvalue weighted by Crippen LogP contribution is -2.41. The summed E-state index contributed by atoms with van der Waals surface area (Å²) < 4.78 is 0. The molecule has 0 saturated heterocycles. The van der Waals surface area contributed by atoms with Crippen molar-refractivity contribution in [3.05, 3.63) is 48.0 Å². The summed E-state index contributed by atoms with van der Waals surface area (Å²) in [6.07, 6.45) is 2.39. The summed E-state index contributed by atoms with van der Waals surface area (Å²) in [6.45, 7) is 2.18. The first-order chi connectivity index (χ1) is 9.22. The molecule has 0 aromatic heterocycles. The molecule has 2 nitrogen and oxygen atoms in total. The van der Waals surface area contributed by atoms with Crippen LogP contribution in [0.5, 0.6) is 0 Å². The number of nitrogens with zero attached hydrogens (tertiary/aromatic N) is 1. The van der Waals surface area contributed by atoms with E-state index in [9.17, 15) is 0 Å². The van der Waals surface area contributed by atoms with Crippen LogP contribution in [0.25, 0.3) is 10.8 Å². The number of hydrogen-bond donors (Lipinski definition) is 1. The van der Waals surface area contributed by atoms with Crippen molar-refractivity contribution in [1.82, 2.24) is 4.90 Å². The average molecular weight is 254 g/mol. The van der Waals surface area contributed by atoms with E-state index in [-0.39, 0.29) is 0 Å². The monoisotopic (exact) mass is 254 g/mol. The van der Waals surface area contributed by atoms with Gasteiger partial charge in [-0.3, -0.25) is 0 Å². The van der Waals surface area contributed by atoms with Crippen LogP contribution in [0.15, 0.2) is 42.5 Å². The second-order valence-corrected chi connectivity index (χ2v) is 5.93. The van der Waals surface area contributed by atoms with Gasteiger partial charge in [-0.2, -0.15) is 0 Å². The van der Waals surface area contributed by atoms with Gasteiger partial charge >= 0.3 is 0 Å². The molecule has 3 rings (SSSR count). The highest BCUT2D eigenvalue weighted by molar-refractivity contribution is 5.85. The highest BCUT2D eigenvalue weighted by Crippen LogP contribution is 2.27. The third kappa shape index (κ3) is 2.80. The Labute approximate surface area is 115 Å². The number of fused-ring (bicyclic) bond motifs is 1. The van der Waals surface area contributed by atoms with Gasteiger partial charge in [0.25, 0.3) is 0 Å². The molecule has 1 aliphatic carbocycles. The summed E-state index contributed by atoms with van der Waals surface area (Å²) in [5, 5.41) is 2.71. The summed E-state index contributed by atoms with van der Waals surface area (Å²) in [7, 11) is 2.21. The van der Waals surface area contributed by atoms with Crippen LogP contribution in [-0.4, -0.2) is 24.5 Å². The largest absolute Gasteiger partial charge is 0.328 e. The summed E-state index contributed by atoms with van der Waals surface area (Å²) in [5.74, 6) is 0.801. The lowest BCUT2D eigenvalue weighted by Gasteiger charge is -2.35. The number of hydrogen-bond acceptors (Lipinski definition) is 2. The van der Waals surface area contributed by atoms with Crippen LogP contribution < -0.4 is 5.73 Å². The Hall–Kier alpha value is -1.38. The normalized spacial score (nSPS) is 22.7. The first-order valence-electron chi connectivity index (χ1n) is 7.13. The van der Waals surface area contributed by atoms with E-state index in [1.165, 1.54) is 29.2 Å². The molecule has 1 saturated carbocycles. The second-order valence-electron chi connectivity index (χ2n) is 5.93. The van der Waals surface area contributed by atoms with E-state index in [4.69, 9.17) is 5.73 Å². The summed E-state index contributed by atoms with van der Waals surface area (Å²) in [4.78, 5) is 2.43. The van der Waals surface area contributed by atoms with E-state index in [1.807, 2.05) is 0 Å². The average Bonchev–Trinajstić information content (AvgIpc) is 2.37. The predicted octanol–water partition coefficient (Wildman–Crippen LogP) is 3.01. The Morgan fingerprint density at radius 3 is 2.63 bits per heavy atom. The van der Waals surface area contributed by atoms with Gasteiger partial charge in [0.1, 0.15) is 0 Å². The Morgan fingerprint density at radius 1 is 1.11 bits per heavy atom. The van der Waals surface area contributed by atoms with Gasteiger partial charge in [0.2, 0.25) is 0 Å². The van der Waals surface area contributed by atoms with Crippen molar-refractivity contribution in [2.45, 2.75) is 25.4 Å². The van der Waals surface area contributed by atoms with Crippen LogP contribution in [0.3, 0.4) is 0 Å². The molecule has 19 heavy (non-hydrogen) atoms. The molecule has 0 aliphatic heterocycles. The van der Waals surface area contributed by atoms with Gasteiger partial charge in [0.15, 0.2) is 0 Å². The van der Waals surface area contributed by atoms with Crippen LogP contribution in [0.1, 0.15) is 18.4 Å². The van der Waals surface area contributed by atoms with Crippen molar-refractivity contribution >= 4 is 10.8 Å². The molecule has 0 amide bonds. The quantitative estimate of drug-likeness (QED) is 0.908. The molecular formula is C17H22N2. The standard InChI is InChI=1S/C17H22N2/c1-19(11-13-9-16(18)10-13)12-15-7-4-6-14-5-2-3-8-17(14)15/h2-8,13,16H,9-12,18H2,1H3. The van der Waals surface area contributed by atoms with E-state index in [0.29, 0.717) is 6.04 Å². The van der Waals surface area contributed by atoms with Crippen molar-refractivity contribution in [3.63, 3.8) is 0 Å². The zero-order valence-electron chi connectivity index (χ0n) is 11.5. The van der Waals surface area contributed by atoms with E-state index in [2.05, 4.69) is 54.4 Å². The number of nitrogens with two attached hydrogens (primary N) is 1. The van der Waals surface area contributed by atoms with E-state index < -0.39 is 0 Å². The van der Waals surface area contributed by atoms with Crippen molar-refractivity contribution in [2.75, 3.05) is 13.6 Å². The molecular weight excluding hydrogens is 232 g/mol. The maximum atomic E-state index is 5.85. The SMILES string of the molecule is CN(Cc1cccc2ccccc12)CC1CC(N)C1. The maximum Gasteiger partial charge on any atom is 0.0236 e. The van der Waals surface area contributed by atoms with Gasteiger partial charge in [0, 0.05) is 19.1 Å². The fraction of sp³-hybridized carbons (Fsp3) is 0.412. The fourth-order valence-electron chi connectivity index (χ4n) is 3.16. The molecule has 0 atom stereocenters. The molecule has 0 unspecified atom stereocenters. The molecule has 0 spiro atoms. The minimum absolute atomic E-state index is 0.455. The first-order valence-corrected chi connectivity index (χ1v) is 7.13. The molecule has 100 valence electrons. The van der Waals surface area contributed by atoms with Crippen LogP contribution in [-0.2, 0) is 6.54 Å². The van der Waals surface area contributed by atoms with Crippen LogP contribution in [0.2, 0.25) is 0 Å². The molecule has 0 radical (unpaired) electrons. The third-order valence-corrected chi connectivity index (χ3v) is 4.16. The van der Waals surface area contributed by atoms with Gasteiger partial charge in [-0.25, -0.2) is 0 Å². The van der Waals surface area contributed by atoms with Crippen molar-refractivity contribution < 1.29 is 0 Å². The number of benzene rings is 2. The Kier molecular flexibility index (Phi) is 3.54. The van der Waals surface area contributed by atoms with Gasteiger partial charge in [0.05, 0.1) is 0 Å². The summed E-state index contributed by atoms with van der Waals surface area (Å²) in [5.41, 5.74) is 7.27. The lowest BCUT2D eigenvalue weighted by atomic mass is 9.80. The van der Waals surface area contributed by atoms with Crippen molar-refractivity contribution in [2.24, 2.45) is 11.7 Å². The molecule has 0 heterocycles. The predicted molar refractivity (Wildman–Crippen MR) is 81.0 cm³/mol. The fourth-order valence-corrected chi connectivity index (χ4v) is 3.16. The van der Waals surface area contributed by atoms with E-state index >= 15 is 0 Å². The molecule has 2 aromatic carbocycles. The van der Waals surface area contributed by atoms with Gasteiger partial charge in [-0.15, -0.1) is 0 Å². The Balaban J connectivity index is 1.70. The zero-order valence-corrected chi connectivity index (χ0v) is 11.5. The van der Waals surface area contributed by atoms with Crippen LogP contribution in [0.4, 0.5) is 0 Å². The Morgan fingerprint density at radius 2 is 1.84 bits per heavy atom. The van der Waals surface area contributed by atoms with Gasteiger partial charge in [-0.1, -0.05) is 42.5 Å². The van der Waals surface area contributed by atoms with Gasteiger partial charge in [-0.05, 0) is 42.1 Å². The summed E-state index contributed by atoms with van der Waals surface area (Å²) >= 11 is 0. The Bertz CT molecular complexity index is 553. The molecule has 2 heteroatoms. The topological polar surface area (TPSA) is 29.3 Å². The van der Waals surface area contributed by atoms with Crippen molar-refractivity contribution in [3.8, 4) is 0 Å². The van der Waals surface area contributed by atoms with E-state index in [0.717, 1.165) is 19.0 Å². The van der Waals surface area contributed by atoms with E-state index in [1.54, 1.807) is 0 Å². The number of rotatable bonds is 4. The molecule has 2 aromatic rings. The zero-order chi connectivity index (χ0) is 13.2. The van der Waals surface area contributed by atoms with Crippen molar-refractivity contribution in [1.29, 1.82) is 0 Å². The highest BCUT2D eigenvalue weighted by atomic mass is 15.1. The molecule has 0 bridgehead atoms. The minimum atomic E-state index is 0.455. The smallest absolute Gasteiger partial charge is 0.0236 e. The maximum absolute atomic E-state index is 5.85. The third-order valence-electron chi connectivity index (χ3n) is 4.16. The molecule has 1 aliphatic rings. The molecule has 1 fully saturated rings. The van der Waals surface area contributed by atoms with Crippen LogP contribution >= 0.6 is 0 Å². The first kappa shape index (κ1) is 12.6. The minimum Gasteiger partial charge on any atom is -0.328 e. The second kappa shape index (κ2) is 5.32. The van der Waals surface area contributed by atoms with Crippen LogP contribution in [0, 0.1) is 5.92 Å². The molecule has 2 N–H and O–H groups in total. The lowest BCUT2D eigenvalue weighted by molar-refractivity contribution is 0.178. The summed E-state index contributed by atoms with van der Waals surface area (Å²) in [6, 6.07) is 15.7. The highest BCUT2D eigenvalue weighted by Gasteiger charge is 2.26.